The Balaban J connectivity index is 1.98. The highest BCUT2D eigenvalue weighted by Gasteiger charge is 2.26. The molecule has 3 rings (SSSR count). The number of carbonyl (C=O) groups is 1. The van der Waals surface area contributed by atoms with Gasteiger partial charge in [0.05, 0.1) is 13.2 Å². The minimum atomic E-state index is -0.297. The van der Waals surface area contributed by atoms with Crippen LogP contribution in [0.25, 0.3) is 0 Å². The summed E-state index contributed by atoms with van der Waals surface area (Å²) in [5, 5.41) is 3.16. The Kier molecular flexibility index (Phi) is 2.89. The molecule has 6 nitrogen and oxygen atoms in total. The molecular weight excluding hydrogens is 234 g/mol. The van der Waals surface area contributed by atoms with E-state index in [9.17, 15) is 9.59 Å². The van der Waals surface area contributed by atoms with Crippen molar-refractivity contribution in [1.29, 1.82) is 0 Å². The predicted molar refractivity (Wildman–Crippen MR) is 64.3 cm³/mol. The van der Waals surface area contributed by atoms with Crippen LogP contribution in [0.5, 0.6) is 0 Å². The van der Waals surface area contributed by atoms with Crippen molar-refractivity contribution in [2.45, 2.75) is 13.1 Å². The first-order valence-corrected chi connectivity index (χ1v) is 6.08. The minimum absolute atomic E-state index is 0.180. The number of amides is 1. The fourth-order valence-corrected chi connectivity index (χ4v) is 2.44. The van der Waals surface area contributed by atoms with Gasteiger partial charge in [-0.15, -0.1) is 0 Å². The van der Waals surface area contributed by atoms with Crippen molar-refractivity contribution >= 4 is 5.91 Å². The molecule has 0 aromatic carbocycles. The number of aromatic nitrogens is 1. The summed E-state index contributed by atoms with van der Waals surface area (Å²) in [6.45, 7) is 3.47. The maximum atomic E-state index is 12.4. The number of nitrogens with one attached hydrogen (secondary N) is 2. The number of pyridine rings is 1. The Morgan fingerprint density at radius 2 is 2.06 bits per heavy atom. The van der Waals surface area contributed by atoms with Crippen LogP contribution in [-0.2, 0) is 17.8 Å². The Bertz CT molecular complexity index is 532. The van der Waals surface area contributed by atoms with Crippen molar-refractivity contribution < 1.29 is 9.53 Å². The number of hydrogen-bond donors (Lipinski definition) is 2. The van der Waals surface area contributed by atoms with Crippen molar-refractivity contribution in [3.8, 4) is 0 Å². The van der Waals surface area contributed by atoms with Gasteiger partial charge in [-0.3, -0.25) is 9.59 Å². The molecule has 6 heteroatoms. The van der Waals surface area contributed by atoms with E-state index >= 15 is 0 Å². The van der Waals surface area contributed by atoms with Crippen molar-refractivity contribution in [2.24, 2.45) is 0 Å². The van der Waals surface area contributed by atoms with E-state index in [2.05, 4.69) is 10.3 Å². The van der Waals surface area contributed by atoms with Crippen molar-refractivity contribution in [2.75, 3.05) is 26.3 Å². The summed E-state index contributed by atoms with van der Waals surface area (Å²) in [7, 11) is 0. The van der Waals surface area contributed by atoms with E-state index < -0.39 is 0 Å². The highest BCUT2D eigenvalue weighted by atomic mass is 16.5. The molecule has 1 aromatic rings. The molecule has 1 saturated heterocycles. The number of hydrogen-bond acceptors (Lipinski definition) is 4. The Morgan fingerprint density at radius 3 is 2.83 bits per heavy atom. The molecule has 0 unspecified atom stereocenters. The number of carbonyl (C=O) groups excluding carboxylic acids is 1. The molecule has 0 spiro atoms. The van der Waals surface area contributed by atoms with Gasteiger partial charge in [-0.25, -0.2) is 0 Å². The van der Waals surface area contributed by atoms with Gasteiger partial charge in [-0.1, -0.05) is 0 Å². The van der Waals surface area contributed by atoms with E-state index in [0.717, 1.165) is 11.1 Å². The average Bonchev–Trinajstić information content (AvgIpc) is 2.87. The minimum Gasteiger partial charge on any atom is -0.378 e. The zero-order valence-corrected chi connectivity index (χ0v) is 9.99. The fourth-order valence-electron chi connectivity index (χ4n) is 2.44. The summed E-state index contributed by atoms with van der Waals surface area (Å²) in [6.07, 6.45) is 1.69. The van der Waals surface area contributed by atoms with Gasteiger partial charge in [0.2, 0.25) is 0 Å². The van der Waals surface area contributed by atoms with E-state index in [4.69, 9.17) is 4.74 Å². The molecule has 1 fully saturated rings. The number of nitrogens with zero attached hydrogens (tertiary/aromatic N) is 1. The first-order chi connectivity index (χ1) is 8.77. The van der Waals surface area contributed by atoms with Gasteiger partial charge in [-0.2, -0.15) is 0 Å². The highest BCUT2D eigenvalue weighted by Crippen LogP contribution is 2.17. The lowest BCUT2D eigenvalue weighted by Crippen LogP contribution is -2.43. The van der Waals surface area contributed by atoms with Crippen LogP contribution in [0.15, 0.2) is 11.0 Å². The summed E-state index contributed by atoms with van der Waals surface area (Å²) in [5.74, 6) is -0.180. The van der Waals surface area contributed by atoms with Crippen LogP contribution in [-0.4, -0.2) is 42.1 Å². The number of fused-ring (bicyclic) bond motifs is 1. The second-order valence-corrected chi connectivity index (χ2v) is 4.50. The standard InChI is InChI=1S/C12H15N3O3/c16-11-10(9-7-13-5-8(9)6-14-11)12(17)15-1-3-18-4-2-15/h6,13H,1-5,7H2,(H,14,16). The van der Waals surface area contributed by atoms with E-state index in [1.54, 1.807) is 11.1 Å². The largest absolute Gasteiger partial charge is 0.378 e. The zero-order valence-electron chi connectivity index (χ0n) is 9.99. The SMILES string of the molecule is O=C(c1c2c(c[nH]c1=O)CNC2)N1CCOCC1. The molecule has 2 aliphatic rings. The molecule has 2 N–H and O–H groups in total. The van der Waals surface area contributed by atoms with Crippen LogP contribution >= 0.6 is 0 Å². The first-order valence-electron chi connectivity index (χ1n) is 6.08. The molecule has 0 atom stereocenters. The molecular formula is C12H15N3O3. The van der Waals surface area contributed by atoms with E-state index in [1.165, 1.54) is 0 Å². The molecule has 18 heavy (non-hydrogen) atoms. The van der Waals surface area contributed by atoms with Crippen LogP contribution in [0.4, 0.5) is 0 Å². The first kappa shape index (κ1) is 11.4. The number of ether oxygens (including phenoxy) is 1. The fraction of sp³-hybridized carbons (Fsp3) is 0.500. The summed E-state index contributed by atoms with van der Waals surface area (Å²) in [5.41, 5.74) is 1.84. The molecule has 0 radical (unpaired) electrons. The zero-order chi connectivity index (χ0) is 12.5. The van der Waals surface area contributed by atoms with Gasteiger partial charge in [0.1, 0.15) is 5.56 Å². The molecule has 0 aliphatic carbocycles. The number of rotatable bonds is 1. The number of aromatic amines is 1. The van der Waals surface area contributed by atoms with Crippen molar-refractivity contribution in [3.05, 3.63) is 33.2 Å². The van der Waals surface area contributed by atoms with Gasteiger partial charge >= 0.3 is 0 Å². The Hall–Kier alpha value is -1.66. The maximum Gasteiger partial charge on any atom is 0.261 e. The summed E-state index contributed by atoms with van der Waals surface area (Å²) in [4.78, 5) is 28.6. The van der Waals surface area contributed by atoms with E-state index in [-0.39, 0.29) is 11.5 Å². The number of morpholine rings is 1. The predicted octanol–water partition coefficient (Wildman–Crippen LogP) is -0.549. The topological polar surface area (TPSA) is 74.4 Å². The van der Waals surface area contributed by atoms with Crippen molar-refractivity contribution in [3.63, 3.8) is 0 Å². The highest BCUT2D eigenvalue weighted by molar-refractivity contribution is 5.95. The van der Waals surface area contributed by atoms with E-state index in [0.29, 0.717) is 45.0 Å². The van der Waals surface area contributed by atoms with Gasteiger partial charge in [0, 0.05) is 32.4 Å². The third-order valence-electron chi connectivity index (χ3n) is 3.42. The maximum absolute atomic E-state index is 12.4. The van der Waals surface area contributed by atoms with Gasteiger partial charge < -0.3 is 19.9 Å². The molecule has 1 amide bonds. The normalized spacial score (nSPS) is 18.8. The van der Waals surface area contributed by atoms with Gasteiger partial charge in [0.15, 0.2) is 0 Å². The summed E-state index contributed by atoms with van der Waals surface area (Å²) < 4.78 is 5.22. The van der Waals surface area contributed by atoms with Crippen molar-refractivity contribution in [1.82, 2.24) is 15.2 Å². The third-order valence-corrected chi connectivity index (χ3v) is 3.42. The molecule has 0 bridgehead atoms. The third kappa shape index (κ3) is 1.83. The average molecular weight is 249 g/mol. The second kappa shape index (κ2) is 4.55. The molecule has 96 valence electrons. The lowest BCUT2D eigenvalue weighted by molar-refractivity contribution is 0.0301. The van der Waals surface area contributed by atoms with Gasteiger partial charge in [-0.05, 0) is 11.1 Å². The van der Waals surface area contributed by atoms with Crippen LogP contribution in [0, 0.1) is 0 Å². The lowest BCUT2D eigenvalue weighted by atomic mass is 10.1. The van der Waals surface area contributed by atoms with Crippen LogP contribution < -0.4 is 10.9 Å². The van der Waals surface area contributed by atoms with Gasteiger partial charge in [0.25, 0.3) is 11.5 Å². The quantitative estimate of drug-likeness (QED) is 0.700. The smallest absolute Gasteiger partial charge is 0.261 e. The molecule has 0 saturated carbocycles. The Labute approximate surface area is 104 Å². The summed E-state index contributed by atoms with van der Waals surface area (Å²) >= 11 is 0. The lowest BCUT2D eigenvalue weighted by Gasteiger charge is -2.27. The number of H-pyrrole nitrogens is 1. The molecule has 1 aromatic heterocycles. The van der Waals surface area contributed by atoms with Crippen LogP contribution in [0.3, 0.4) is 0 Å². The second-order valence-electron chi connectivity index (χ2n) is 4.50. The van der Waals surface area contributed by atoms with Crippen LogP contribution in [0.1, 0.15) is 21.5 Å². The van der Waals surface area contributed by atoms with Crippen LogP contribution in [0.2, 0.25) is 0 Å². The monoisotopic (exact) mass is 249 g/mol. The molecule has 2 aliphatic heterocycles. The van der Waals surface area contributed by atoms with E-state index in [1.807, 2.05) is 0 Å². The Morgan fingerprint density at radius 1 is 1.28 bits per heavy atom. The molecule has 3 heterocycles. The summed E-state index contributed by atoms with van der Waals surface area (Å²) in [6, 6.07) is 0.